The molecular formula is C22H31NO2. The van der Waals surface area contributed by atoms with Crippen molar-refractivity contribution in [1.29, 1.82) is 0 Å². The lowest BCUT2D eigenvalue weighted by Crippen LogP contribution is -2.53. The normalized spacial score (nSPS) is 36.5. The largest absolute Gasteiger partial charge is 0.445 e. The van der Waals surface area contributed by atoms with Gasteiger partial charge in [0.05, 0.1) is 0 Å². The Bertz CT molecular complexity index is 601. The first-order valence-electron chi connectivity index (χ1n) is 10.2. The van der Waals surface area contributed by atoms with Crippen LogP contribution in [0.4, 0.5) is 4.79 Å². The topological polar surface area (TPSA) is 38.3 Å². The number of amides is 1. The number of alkyl carbamates (subject to hydrolysis) is 1. The molecule has 0 saturated heterocycles. The summed E-state index contributed by atoms with van der Waals surface area (Å²) in [7, 11) is 0. The van der Waals surface area contributed by atoms with Gasteiger partial charge in [0.15, 0.2) is 0 Å². The number of hydrogen-bond donors (Lipinski definition) is 1. The number of benzene rings is 1. The second-order valence-electron chi connectivity index (χ2n) is 8.56. The molecule has 5 atom stereocenters. The summed E-state index contributed by atoms with van der Waals surface area (Å²) in [5.41, 5.74) is 1.40. The van der Waals surface area contributed by atoms with Crippen molar-refractivity contribution < 1.29 is 9.53 Å². The molecule has 1 aromatic carbocycles. The molecular weight excluding hydrogens is 310 g/mol. The average molecular weight is 341 g/mol. The highest BCUT2D eigenvalue weighted by atomic mass is 16.5. The zero-order valence-corrected chi connectivity index (χ0v) is 15.4. The van der Waals surface area contributed by atoms with Crippen LogP contribution in [0.2, 0.25) is 0 Å². The Balaban J connectivity index is 1.42. The molecule has 1 amide bonds. The highest BCUT2D eigenvalue weighted by Gasteiger charge is 2.59. The van der Waals surface area contributed by atoms with Crippen molar-refractivity contribution in [3.8, 4) is 0 Å². The van der Waals surface area contributed by atoms with E-state index in [-0.39, 0.29) is 6.09 Å². The van der Waals surface area contributed by atoms with E-state index in [4.69, 9.17) is 4.74 Å². The minimum absolute atomic E-state index is 0.223. The Morgan fingerprint density at radius 1 is 1.24 bits per heavy atom. The van der Waals surface area contributed by atoms with Gasteiger partial charge in [-0.25, -0.2) is 4.79 Å². The molecule has 1 N–H and O–H groups in total. The number of ether oxygens (including phenoxy) is 1. The van der Waals surface area contributed by atoms with Crippen LogP contribution in [0.15, 0.2) is 30.3 Å². The molecule has 25 heavy (non-hydrogen) atoms. The molecule has 3 saturated carbocycles. The van der Waals surface area contributed by atoms with Crippen molar-refractivity contribution in [2.75, 3.05) is 0 Å². The number of carbonyl (C=O) groups is 1. The molecule has 1 spiro atoms. The molecule has 3 nitrogen and oxygen atoms in total. The molecule has 4 rings (SSSR count). The van der Waals surface area contributed by atoms with Gasteiger partial charge in [0, 0.05) is 6.04 Å². The van der Waals surface area contributed by atoms with Gasteiger partial charge in [0.1, 0.15) is 6.61 Å². The van der Waals surface area contributed by atoms with Gasteiger partial charge >= 0.3 is 6.09 Å². The summed E-state index contributed by atoms with van der Waals surface area (Å²) in [6.45, 7) is 2.69. The minimum atomic E-state index is -0.223. The number of carbonyl (C=O) groups excluding carboxylic acids is 1. The van der Waals surface area contributed by atoms with Crippen LogP contribution in [0.25, 0.3) is 0 Å². The predicted octanol–water partition coefficient (Wildman–Crippen LogP) is 5.30. The SMILES string of the molecule is CC[C@@H]1CCC[C@@]2(C1)[C@H]1CC[C@H](C1)[C@H]2NC(=O)OCc1ccccc1. The lowest BCUT2D eigenvalue weighted by atomic mass is 9.59. The highest BCUT2D eigenvalue weighted by molar-refractivity contribution is 5.68. The van der Waals surface area contributed by atoms with Crippen LogP contribution in [0, 0.1) is 23.2 Å². The third-order valence-electron chi connectivity index (χ3n) is 7.36. The summed E-state index contributed by atoms with van der Waals surface area (Å²) in [5.74, 6) is 2.34. The number of rotatable bonds is 4. The van der Waals surface area contributed by atoms with E-state index in [2.05, 4.69) is 12.2 Å². The molecule has 136 valence electrons. The fourth-order valence-electron chi connectivity index (χ4n) is 6.18. The van der Waals surface area contributed by atoms with Crippen LogP contribution < -0.4 is 5.32 Å². The van der Waals surface area contributed by atoms with Crippen molar-refractivity contribution in [3.63, 3.8) is 0 Å². The van der Waals surface area contributed by atoms with E-state index < -0.39 is 0 Å². The Kier molecular flexibility index (Phi) is 4.75. The molecule has 0 aromatic heterocycles. The molecule has 0 radical (unpaired) electrons. The summed E-state index contributed by atoms with van der Waals surface area (Å²) in [4.78, 5) is 12.5. The molecule has 2 bridgehead atoms. The molecule has 3 aliphatic carbocycles. The second-order valence-corrected chi connectivity index (χ2v) is 8.56. The van der Waals surface area contributed by atoms with Gasteiger partial charge in [-0.2, -0.15) is 0 Å². The van der Waals surface area contributed by atoms with Crippen LogP contribution >= 0.6 is 0 Å². The smallest absolute Gasteiger partial charge is 0.407 e. The fourth-order valence-corrected chi connectivity index (χ4v) is 6.18. The van der Waals surface area contributed by atoms with Crippen molar-refractivity contribution in [2.24, 2.45) is 23.2 Å². The van der Waals surface area contributed by atoms with E-state index >= 15 is 0 Å². The first-order chi connectivity index (χ1) is 12.2. The molecule has 1 aromatic rings. The van der Waals surface area contributed by atoms with E-state index in [1.54, 1.807) is 0 Å². The van der Waals surface area contributed by atoms with Gasteiger partial charge < -0.3 is 10.1 Å². The van der Waals surface area contributed by atoms with Gasteiger partial charge in [-0.1, -0.05) is 56.5 Å². The standard InChI is InChI=1S/C22H31NO2/c1-2-16-9-6-12-22(14-16)19-11-10-18(13-19)20(22)23-21(24)25-15-17-7-4-3-5-8-17/h3-5,7-8,16,18-20H,2,6,9-15H2,1H3,(H,23,24)/t16-,18-,19+,20-,22-/m1/s1. The molecule has 3 heteroatoms. The number of fused-ring (bicyclic) bond motifs is 3. The van der Waals surface area contributed by atoms with Crippen molar-refractivity contribution in [1.82, 2.24) is 5.32 Å². The summed E-state index contributed by atoms with van der Waals surface area (Å²) in [6, 6.07) is 10.3. The van der Waals surface area contributed by atoms with Gasteiger partial charge in [0.2, 0.25) is 0 Å². The van der Waals surface area contributed by atoms with E-state index in [0.29, 0.717) is 24.0 Å². The Morgan fingerprint density at radius 2 is 2.08 bits per heavy atom. The Hall–Kier alpha value is -1.51. The summed E-state index contributed by atoms with van der Waals surface area (Å²) >= 11 is 0. The van der Waals surface area contributed by atoms with Crippen LogP contribution in [0.1, 0.15) is 63.9 Å². The van der Waals surface area contributed by atoms with Crippen molar-refractivity contribution >= 4 is 6.09 Å². The van der Waals surface area contributed by atoms with Crippen molar-refractivity contribution in [3.05, 3.63) is 35.9 Å². The maximum Gasteiger partial charge on any atom is 0.407 e. The highest BCUT2D eigenvalue weighted by Crippen LogP contribution is 2.62. The summed E-state index contributed by atoms with van der Waals surface area (Å²) in [5, 5.41) is 3.32. The van der Waals surface area contributed by atoms with E-state index in [1.165, 1.54) is 51.4 Å². The molecule has 3 fully saturated rings. The zero-order chi connectivity index (χ0) is 17.3. The third-order valence-corrected chi connectivity index (χ3v) is 7.36. The second kappa shape index (κ2) is 7.01. The zero-order valence-electron chi connectivity index (χ0n) is 15.4. The average Bonchev–Trinajstić information content (AvgIpc) is 3.23. The van der Waals surface area contributed by atoms with Crippen LogP contribution in [-0.4, -0.2) is 12.1 Å². The van der Waals surface area contributed by atoms with E-state index in [0.717, 1.165) is 17.4 Å². The minimum Gasteiger partial charge on any atom is -0.445 e. The van der Waals surface area contributed by atoms with Crippen LogP contribution in [0.3, 0.4) is 0 Å². The lowest BCUT2D eigenvalue weighted by Gasteiger charge is -2.49. The monoisotopic (exact) mass is 341 g/mol. The van der Waals surface area contributed by atoms with Gasteiger partial charge in [-0.3, -0.25) is 0 Å². The number of hydrogen-bond acceptors (Lipinski definition) is 2. The Labute approximate surface area is 151 Å². The van der Waals surface area contributed by atoms with Crippen molar-refractivity contribution in [2.45, 2.75) is 70.9 Å². The summed E-state index contributed by atoms with van der Waals surface area (Å²) in [6.07, 6.45) is 10.4. The van der Waals surface area contributed by atoms with Crippen LogP contribution in [-0.2, 0) is 11.3 Å². The predicted molar refractivity (Wildman–Crippen MR) is 99.1 cm³/mol. The fraction of sp³-hybridized carbons (Fsp3) is 0.682. The maximum absolute atomic E-state index is 12.5. The quantitative estimate of drug-likeness (QED) is 0.807. The first kappa shape index (κ1) is 16.9. The van der Waals surface area contributed by atoms with Gasteiger partial charge in [-0.15, -0.1) is 0 Å². The summed E-state index contributed by atoms with van der Waals surface area (Å²) < 4.78 is 5.53. The molecule has 0 aliphatic heterocycles. The lowest BCUT2D eigenvalue weighted by molar-refractivity contribution is 0.0285. The van der Waals surface area contributed by atoms with E-state index in [9.17, 15) is 4.79 Å². The molecule has 3 aliphatic rings. The maximum atomic E-state index is 12.5. The Morgan fingerprint density at radius 3 is 2.88 bits per heavy atom. The molecule has 0 heterocycles. The molecule has 0 unspecified atom stereocenters. The third kappa shape index (κ3) is 3.18. The van der Waals surface area contributed by atoms with E-state index in [1.807, 2.05) is 30.3 Å². The van der Waals surface area contributed by atoms with Crippen LogP contribution in [0.5, 0.6) is 0 Å². The first-order valence-corrected chi connectivity index (χ1v) is 10.2. The number of nitrogens with one attached hydrogen (secondary N) is 1. The van der Waals surface area contributed by atoms with Gasteiger partial charge in [0.25, 0.3) is 0 Å². The van der Waals surface area contributed by atoms with Gasteiger partial charge in [-0.05, 0) is 60.8 Å².